The summed E-state index contributed by atoms with van der Waals surface area (Å²) in [6.45, 7) is 3.68. The third kappa shape index (κ3) is 5.16. The van der Waals surface area contributed by atoms with Gasteiger partial charge in [-0.2, -0.15) is 0 Å². The summed E-state index contributed by atoms with van der Waals surface area (Å²) in [5.41, 5.74) is 1.08. The molecule has 1 aromatic carbocycles. The van der Waals surface area contributed by atoms with Crippen molar-refractivity contribution >= 4 is 23.6 Å². The highest BCUT2D eigenvalue weighted by Gasteiger charge is 2.22. The second-order valence-corrected chi connectivity index (χ2v) is 6.21. The van der Waals surface area contributed by atoms with Crippen LogP contribution in [0.15, 0.2) is 42.7 Å². The summed E-state index contributed by atoms with van der Waals surface area (Å²) in [6, 6.07) is 8.26. The monoisotopic (exact) mass is 369 g/mol. The van der Waals surface area contributed by atoms with Gasteiger partial charge in [0.1, 0.15) is 0 Å². The lowest BCUT2D eigenvalue weighted by Gasteiger charge is -2.32. The van der Waals surface area contributed by atoms with E-state index in [0.717, 1.165) is 31.9 Å². The molecular formula is C19H23N5O3. The van der Waals surface area contributed by atoms with Crippen LogP contribution in [0, 0.1) is 0 Å². The first-order chi connectivity index (χ1) is 13.2. The van der Waals surface area contributed by atoms with Crippen LogP contribution >= 0.6 is 0 Å². The molecule has 0 spiro atoms. The van der Waals surface area contributed by atoms with Crippen molar-refractivity contribution in [1.29, 1.82) is 0 Å². The first-order valence-corrected chi connectivity index (χ1v) is 9.02. The number of benzene rings is 1. The number of aromatic nitrogens is 2. The Balaban J connectivity index is 1.45. The van der Waals surface area contributed by atoms with E-state index in [4.69, 9.17) is 4.74 Å². The summed E-state index contributed by atoms with van der Waals surface area (Å²) in [5, 5.41) is 5.78. The largest absolute Gasteiger partial charge is 0.462 e. The molecule has 2 N–H and O–H groups in total. The highest BCUT2D eigenvalue weighted by atomic mass is 16.5. The summed E-state index contributed by atoms with van der Waals surface area (Å²) in [6.07, 6.45) is 5.11. The lowest BCUT2D eigenvalue weighted by atomic mass is 10.1. The molecule has 0 atom stereocenters. The standard InChI is InChI=1S/C19H23N5O3/c1-2-27-17(25)14-4-6-15(7-5-14)22-19(26)23-16-8-12-24(13-9-16)18-20-10-3-11-21-18/h3-7,10-11,16H,2,8-9,12-13H2,1H3,(H2,22,23,26). The lowest BCUT2D eigenvalue weighted by Crippen LogP contribution is -2.46. The Kier molecular flexibility index (Phi) is 6.19. The number of carbonyl (C=O) groups is 2. The van der Waals surface area contributed by atoms with Gasteiger partial charge in [-0.25, -0.2) is 19.6 Å². The zero-order valence-electron chi connectivity index (χ0n) is 15.2. The Morgan fingerprint density at radius 1 is 1.15 bits per heavy atom. The molecule has 1 aromatic heterocycles. The maximum absolute atomic E-state index is 12.2. The molecule has 2 amide bonds. The zero-order valence-corrected chi connectivity index (χ0v) is 15.2. The number of urea groups is 1. The van der Waals surface area contributed by atoms with Gasteiger partial charge in [-0.1, -0.05) is 0 Å². The van der Waals surface area contributed by atoms with Gasteiger partial charge in [-0.15, -0.1) is 0 Å². The first-order valence-electron chi connectivity index (χ1n) is 9.02. The molecule has 0 radical (unpaired) electrons. The van der Waals surface area contributed by atoms with Gasteiger partial charge in [-0.3, -0.25) is 0 Å². The van der Waals surface area contributed by atoms with Crippen molar-refractivity contribution in [1.82, 2.24) is 15.3 Å². The molecule has 0 saturated carbocycles. The van der Waals surface area contributed by atoms with Crippen LogP contribution in [0.4, 0.5) is 16.4 Å². The third-order valence-corrected chi connectivity index (χ3v) is 4.32. The smallest absolute Gasteiger partial charge is 0.338 e. The number of piperidine rings is 1. The number of anilines is 2. The summed E-state index contributed by atoms with van der Waals surface area (Å²) < 4.78 is 4.94. The summed E-state index contributed by atoms with van der Waals surface area (Å²) >= 11 is 0. The van der Waals surface area contributed by atoms with Gasteiger partial charge < -0.3 is 20.3 Å². The van der Waals surface area contributed by atoms with Crippen molar-refractivity contribution < 1.29 is 14.3 Å². The van der Waals surface area contributed by atoms with Gasteiger partial charge in [0.25, 0.3) is 0 Å². The number of ether oxygens (including phenoxy) is 1. The zero-order chi connectivity index (χ0) is 19.1. The fraction of sp³-hybridized carbons (Fsp3) is 0.368. The van der Waals surface area contributed by atoms with Crippen molar-refractivity contribution in [2.24, 2.45) is 0 Å². The van der Waals surface area contributed by atoms with E-state index < -0.39 is 0 Å². The Bertz CT molecular complexity index is 759. The maximum Gasteiger partial charge on any atom is 0.338 e. The Morgan fingerprint density at radius 3 is 2.44 bits per heavy atom. The number of hydrogen-bond donors (Lipinski definition) is 2. The Hall–Kier alpha value is -3.16. The molecular weight excluding hydrogens is 346 g/mol. The van der Waals surface area contributed by atoms with E-state index in [0.29, 0.717) is 17.9 Å². The predicted octanol–water partition coefficient (Wildman–Crippen LogP) is 2.44. The van der Waals surface area contributed by atoms with Crippen LogP contribution in [0.1, 0.15) is 30.1 Å². The fourth-order valence-electron chi connectivity index (χ4n) is 2.93. The second-order valence-electron chi connectivity index (χ2n) is 6.21. The molecule has 2 heterocycles. The van der Waals surface area contributed by atoms with Gasteiger partial charge in [0.2, 0.25) is 5.95 Å². The van der Waals surface area contributed by atoms with E-state index >= 15 is 0 Å². The van der Waals surface area contributed by atoms with Crippen molar-refractivity contribution in [3.8, 4) is 0 Å². The minimum absolute atomic E-state index is 0.101. The molecule has 1 saturated heterocycles. The van der Waals surface area contributed by atoms with Crippen LogP contribution in [-0.2, 0) is 4.74 Å². The van der Waals surface area contributed by atoms with Crippen LogP contribution in [0.2, 0.25) is 0 Å². The molecule has 8 heteroatoms. The van der Waals surface area contributed by atoms with Crippen LogP contribution < -0.4 is 15.5 Å². The number of rotatable bonds is 5. The number of amides is 2. The van der Waals surface area contributed by atoms with E-state index in [2.05, 4.69) is 25.5 Å². The highest BCUT2D eigenvalue weighted by Crippen LogP contribution is 2.16. The van der Waals surface area contributed by atoms with Gasteiger partial charge in [0.05, 0.1) is 12.2 Å². The van der Waals surface area contributed by atoms with Crippen LogP contribution in [0.25, 0.3) is 0 Å². The van der Waals surface area contributed by atoms with Crippen molar-refractivity contribution in [2.75, 3.05) is 29.9 Å². The van der Waals surface area contributed by atoms with E-state index in [1.165, 1.54) is 0 Å². The number of esters is 1. The molecule has 3 rings (SSSR count). The molecule has 1 aliphatic heterocycles. The average molecular weight is 369 g/mol. The minimum Gasteiger partial charge on any atom is -0.462 e. The normalized spacial score (nSPS) is 14.5. The predicted molar refractivity (Wildman–Crippen MR) is 102 cm³/mol. The second kappa shape index (κ2) is 8.98. The van der Waals surface area contributed by atoms with Gasteiger partial charge in [0.15, 0.2) is 0 Å². The van der Waals surface area contributed by atoms with Crippen molar-refractivity contribution in [2.45, 2.75) is 25.8 Å². The van der Waals surface area contributed by atoms with Crippen LogP contribution in [0.5, 0.6) is 0 Å². The van der Waals surface area contributed by atoms with E-state index in [1.807, 2.05) is 0 Å². The molecule has 142 valence electrons. The average Bonchev–Trinajstić information content (AvgIpc) is 2.70. The SMILES string of the molecule is CCOC(=O)c1ccc(NC(=O)NC2CCN(c3ncccn3)CC2)cc1. The quantitative estimate of drug-likeness (QED) is 0.786. The number of nitrogens with one attached hydrogen (secondary N) is 2. The number of hydrogen-bond acceptors (Lipinski definition) is 6. The molecule has 1 fully saturated rings. The fourth-order valence-corrected chi connectivity index (χ4v) is 2.93. The lowest BCUT2D eigenvalue weighted by molar-refractivity contribution is 0.0526. The first kappa shape index (κ1) is 18.6. The van der Waals surface area contributed by atoms with Gasteiger partial charge >= 0.3 is 12.0 Å². The summed E-state index contributed by atoms with van der Waals surface area (Å²) in [7, 11) is 0. The summed E-state index contributed by atoms with van der Waals surface area (Å²) in [4.78, 5) is 34.5. The molecule has 2 aromatic rings. The molecule has 27 heavy (non-hydrogen) atoms. The topological polar surface area (TPSA) is 96.4 Å². The number of nitrogens with zero attached hydrogens (tertiary/aromatic N) is 3. The molecule has 1 aliphatic rings. The third-order valence-electron chi connectivity index (χ3n) is 4.32. The van der Waals surface area contributed by atoms with E-state index in [-0.39, 0.29) is 18.0 Å². The Labute approximate surface area is 158 Å². The van der Waals surface area contributed by atoms with Crippen LogP contribution in [0.3, 0.4) is 0 Å². The number of carbonyl (C=O) groups excluding carboxylic acids is 2. The van der Waals surface area contributed by atoms with Gasteiger partial charge in [-0.05, 0) is 50.1 Å². The molecule has 0 bridgehead atoms. The minimum atomic E-state index is -0.373. The van der Waals surface area contributed by atoms with Crippen molar-refractivity contribution in [3.63, 3.8) is 0 Å². The van der Waals surface area contributed by atoms with Crippen molar-refractivity contribution in [3.05, 3.63) is 48.3 Å². The highest BCUT2D eigenvalue weighted by molar-refractivity contribution is 5.92. The van der Waals surface area contributed by atoms with Crippen LogP contribution in [-0.4, -0.2) is 47.7 Å². The van der Waals surface area contributed by atoms with E-state index in [9.17, 15) is 9.59 Å². The van der Waals surface area contributed by atoms with E-state index in [1.54, 1.807) is 49.6 Å². The molecule has 0 unspecified atom stereocenters. The Morgan fingerprint density at radius 2 is 1.81 bits per heavy atom. The summed E-state index contributed by atoms with van der Waals surface area (Å²) in [5.74, 6) is 0.352. The molecule has 0 aliphatic carbocycles. The van der Waals surface area contributed by atoms with Gasteiger partial charge in [0, 0.05) is 37.2 Å². The molecule has 8 nitrogen and oxygen atoms in total. The maximum atomic E-state index is 12.2.